The van der Waals surface area contributed by atoms with Gasteiger partial charge in [-0.1, -0.05) is 71.9 Å². The summed E-state index contributed by atoms with van der Waals surface area (Å²) < 4.78 is 0. The van der Waals surface area contributed by atoms with Crippen LogP contribution in [0.3, 0.4) is 0 Å². The van der Waals surface area contributed by atoms with Gasteiger partial charge in [0.2, 0.25) is 0 Å². The lowest BCUT2D eigenvalue weighted by molar-refractivity contribution is -0.110. The molecule has 8 atom stereocenters. The Morgan fingerprint density at radius 2 is 1.83 bits per heavy atom. The highest BCUT2D eigenvalue weighted by Crippen LogP contribution is 2.65. The zero-order chi connectivity index (χ0) is 21.7. The highest BCUT2D eigenvalue weighted by molar-refractivity contribution is 6.01. The van der Waals surface area contributed by atoms with Crippen LogP contribution in [0.1, 0.15) is 73.6 Å². The molecule has 4 aliphatic rings. The van der Waals surface area contributed by atoms with Crippen LogP contribution in [-0.2, 0) is 4.79 Å². The molecule has 0 aromatic rings. The molecule has 0 saturated heterocycles. The van der Waals surface area contributed by atoms with Crippen molar-refractivity contribution in [3.63, 3.8) is 0 Å². The van der Waals surface area contributed by atoms with Crippen molar-refractivity contribution in [3.8, 4) is 0 Å². The number of carbonyl (C=O) groups is 1. The fourth-order valence-electron chi connectivity index (χ4n) is 7.84. The van der Waals surface area contributed by atoms with E-state index >= 15 is 0 Å². The van der Waals surface area contributed by atoms with Gasteiger partial charge >= 0.3 is 0 Å². The first-order valence-corrected chi connectivity index (χ1v) is 12.5. The molecular formula is C29H42O. The molecule has 0 aromatic heterocycles. The van der Waals surface area contributed by atoms with Crippen molar-refractivity contribution in [2.24, 2.45) is 52.3 Å². The van der Waals surface area contributed by atoms with Gasteiger partial charge in [0.05, 0.1) is 0 Å². The highest BCUT2D eigenvalue weighted by atomic mass is 16.1. The van der Waals surface area contributed by atoms with E-state index in [9.17, 15) is 4.79 Å². The van der Waals surface area contributed by atoms with Crippen molar-refractivity contribution in [3.05, 3.63) is 48.1 Å². The van der Waals surface area contributed by atoms with Crippen LogP contribution in [0.4, 0.5) is 0 Å². The van der Waals surface area contributed by atoms with Crippen molar-refractivity contribution in [2.75, 3.05) is 0 Å². The lowest BCUT2D eigenvalue weighted by Gasteiger charge is -2.55. The smallest absolute Gasteiger partial charge is 0.178 e. The van der Waals surface area contributed by atoms with E-state index in [1.165, 1.54) is 37.7 Å². The summed E-state index contributed by atoms with van der Waals surface area (Å²) in [6, 6.07) is 0. The zero-order valence-corrected chi connectivity index (χ0v) is 20.0. The van der Waals surface area contributed by atoms with E-state index in [1.54, 1.807) is 0 Å². The third-order valence-corrected chi connectivity index (χ3v) is 9.81. The van der Waals surface area contributed by atoms with Gasteiger partial charge in [-0.05, 0) is 96.7 Å². The van der Waals surface area contributed by atoms with E-state index in [0.717, 1.165) is 17.8 Å². The molecule has 0 radical (unpaired) electrons. The minimum absolute atomic E-state index is 0.0455. The minimum Gasteiger partial charge on any atom is -0.290 e. The van der Waals surface area contributed by atoms with Crippen molar-refractivity contribution >= 4 is 5.78 Å². The number of rotatable bonds is 5. The third-order valence-electron chi connectivity index (χ3n) is 9.81. The summed E-state index contributed by atoms with van der Waals surface area (Å²) in [6.07, 6.45) is 22.4. The first-order chi connectivity index (χ1) is 14.2. The fourth-order valence-corrected chi connectivity index (χ4v) is 7.84. The summed E-state index contributed by atoms with van der Waals surface area (Å²) in [5, 5.41) is 0. The van der Waals surface area contributed by atoms with Crippen LogP contribution in [0.2, 0.25) is 0 Å². The second-order valence-corrected chi connectivity index (χ2v) is 11.6. The molecule has 0 bridgehead atoms. The normalized spacial score (nSPS) is 42.1. The number of hydrogen-bond acceptors (Lipinski definition) is 1. The van der Waals surface area contributed by atoms with Crippen LogP contribution in [0.25, 0.3) is 0 Å². The van der Waals surface area contributed by atoms with E-state index in [0.29, 0.717) is 29.1 Å². The molecule has 2 saturated carbocycles. The molecule has 0 aliphatic heterocycles. The lowest BCUT2D eigenvalue weighted by atomic mass is 9.49. The first kappa shape index (κ1) is 21.8. The monoisotopic (exact) mass is 406 g/mol. The standard InChI is InChI=1S/C29H42O/c1-7-21(19(2)3)9-8-20(4)25-12-13-26-24-11-10-22-18-23(30)14-16-28(22,5)27(24)15-17-29(25,26)6/h8-11,14,16,18-21,24-27H,7,12-13,15,17H2,1-6H3/b9-8+/t20-,21-,24+,25-,26+,27+,28+,29-/m1/s1. The van der Waals surface area contributed by atoms with Gasteiger partial charge in [-0.2, -0.15) is 0 Å². The van der Waals surface area contributed by atoms with E-state index in [1.807, 2.05) is 12.2 Å². The van der Waals surface area contributed by atoms with Gasteiger partial charge in [0, 0.05) is 5.41 Å². The molecule has 164 valence electrons. The summed E-state index contributed by atoms with van der Waals surface area (Å²) in [5.41, 5.74) is 1.73. The summed E-state index contributed by atoms with van der Waals surface area (Å²) in [7, 11) is 0. The van der Waals surface area contributed by atoms with Gasteiger partial charge in [0.15, 0.2) is 5.78 Å². The number of fused-ring (bicyclic) bond motifs is 5. The first-order valence-electron chi connectivity index (χ1n) is 12.5. The van der Waals surface area contributed by atoms with Crippen LogP contribution < -0.4 is 0 Å². The molecule has 30 heavy (non-hydrogen) atoms. The molecule has 4 aliphatic carbocycles. The largest absolute Gasteiger partial charge is 0.290 e. The summed E-state index contributed by atoms with van der Waals surface area (Å²) in [6.45, 7) is 14.5. The van der Waals surface area contributed by atoms with Crippen LogP contribution in [-0.4, -0.2) is 5.78 Å². The molecule has 0 amide bonds. The summed E-state index contributed by atoms with van der Waals surface area (Å²) in [4.78, 5) is 11.9. The summed E-state index contributed by atoms with van der Waals surface area (Å²) in [5.74, 6) is 5.13. The predicted molar refractivity (Wildman–Crippen MR) is 127 cm³/mol. The van der Waals surface area contributed by atoms with E-state index in [-0.39, 0.29) is 11.2 Å². The Labute approximate surface area is 184 Å². The number of hydrogen-bond donors (Lipinski definition) is 0. The van der Waals surface area contributed by atoms with E-state index in [4.69, 9.17) is 0 Å². The second kappa shape index (κ2) is 7.95. The van der Waals surface area contributed by atoms with Crippen LogP contribution >= 0.6 is 0 Å². The van der Waals surface area contributed by atoms with Crippen LogP contribution in [0, 0.1) is 52.3 Å². The van der Waals surface area contributed by atoms with Crippen molar-refractivity contribution in [2.45, 2.75) is 73.6 Å². The Morgan fingerprint density at radius 3 is 2.53 bits per heavy atom. The van der Waals surface area contributed by atoms with E-state index < -0.39 is 0 Å². The molecular weight excluding hydrogens is 364 g/mol. The Kier molecular flexibility index (Phi) is 5.79. The topological polar surface area (TPSA) is 17.1 Å². The van der Waals surface area contributed by atoms with Gasteiger partial charge < -0.3 is 0 Å². The lowest BCUT2D eigenvalue weighted by Crippen LogP contribution is -2.48. The molecule has 0 aromatic carbocycles. The van der Waals surface area contributed by atoms with Gasteiger partial charge in [0.25, 0.3) is 0 Å². The third kappa shape index (κ3) is 3.41. The van der Waals surface area contributed by atoms with Gasteiger partial charge in [-0.3, -0.25) is 4.79 Å². The van der Waals surface area contributed by atoms with E-state index in [2.05, 4.69) is 71.9 Å². The molecule has 0 heterocycles. The molecule has 1 heteroatoms. The van der Waals surface area contributed by atoms with Crippen LogP contribution in [0.5, 0.6) is 0 Å². The molecule has 2 fully saturated rings. The average Bonchev–Trinajstić information content (AvgIpc) is 3.06. The van der Waals surface area contributed by atoms with Gasteiger partial charge in [-0.25, -0.2) is 0 Å². The molecule has 0 unspecified atom stereocenters. The van der Waals surface area contributed by atoms with Crippen LogP contribution in [0.15, 0.2) is 48.1 Å². The summed E-state index contributed by atoms with van der Waals surface area (Å²) >= 11 is 0. The maximum atomic E-state index is 11.9. The average molecular weight is 407 g/mol. The highest BCUT2D eigenvalue weighted by Gasteiger charge is 2.57. The molecule has 0 N–H and O–H groups in total. The predicted octanol–water partition coefficient (Wildman–Crippen LogP) is 7.56. The zero-order valence-electron chi connectivity index (χ0n) is 20.0. The molecule has 4 rings (SSSR count). The van der Waals surface area contributed by atoms with Crippen molar-refractivity contribution in [1.29, 1.82) is 0 Å². The van der Waals surface area contributed by atoms with Crippen molar-refractivity contribution in [1.82, 2.24) is 0 Å². The number of ketones is 1. The Hall–Kier alpha value is -1.37. The Bertz CT molecular complexity index is 795. The molecule has 1 nitrogen and oxygen atoms in total. The second-order valence-electron chi connectivity index (χ2n) is 11.6. The molecule has 0 spiro atoms. The fraction of sp³-hybridized carbons (Fsp3) is 0.690. The Morgan fingerprint density at radius 1 is 1.07 bits per heavy atom. The number of carbonyl (C=O) groups excluding carboxylic acids is 1. The minimum atomic E-state index is 0.0455. The maximum absolute atomic E-state index is 11.9. The SMILES string of the molecule is CC[C@H](/C=C/[C@@H](C)[C@H]1CC[C@H]2[C@@H]3C=CC4=CC(=O)C=C[C@]4(C)[C@H]3CC[C@]12C)C(C)C. The van der Waals surface area contributed by atoms with Crippen molar-refractivity contribution < 1.29 is 4.79 Å². The number of allylic oxidation sites excluding steroid dienone is 8. The Balaban J connectivity index is 1.56. The van der Waals surface area contributed by atoms with Gasteiger partial charge in [-0.15, -0.1) is 0 Å². The quantitative estimate of drug-likeness (QED) is 0.430. The van der Waals surface area contributed by atoms with Gasteiger partial charge in [0.1, 0.15) is 0 Å². The maximum Gasteiger partial charge on any atom is 0.178 e.